The van der Waals surface area contributed by atoms with Gasteiger partial charge < -0.3 is 11.1 Å². The fourth-order valence-corrected chi connectivity index (χ4v) is 2.12. The Morgan fingerprint density at radius 2 is 2.12 bits per heavy atom. The van der Waals surface area contributed by atoms with Gasteiger partial charge in [-0.2, -0.15) is 0 Å². The number of nitrogen functional groups attached to an aromatic ring is 1. The molecule has 1 fully saturated rings. The van der Waals surface area contributed by atoms with Crippen LogP contribution in [0.5, 0.6) is 0 Å². The molecule has 0 heterocycles. The molecule has 0 amide bonds. The van der Waals surface area contributed by atoms with Crippen molar-refractivity contribution < 1.29 is 0 Å². The fraction of sp³-hybridized carbons (Fsp3) is 0.571. The summed E-state index contributed by atoms with van der Waals surface area (Å²) in [7, 11) is 0. The van der Waals surface area contributed by atoms with Crippen LogP contribution in [0, 0.1) is 18.3 Å². The van der Waals surface area contributed by atoms with Crippen molar-refractivity contribution in [2.45, 2.75) is 33.7 Å². The zero-order valence-corrected chi connectivity index (χ0v) is 10.5. The molecule has 1 saturated carbocycles. The quantitative estimate of drug-likeness (QED) is 0.763. The van der Waals surface area contributed by atoms with Crippen LogP contribution >= 0.6 is 0 Å². The van der Waals surface area contributed by atoms with Crippen LogP contribution < -0.4 is 11.1 Å². The first-order chi connectivity index (χ1) is 7.49. The van der Waals surface area contributed by atoms with Gasteiger partial charge >= 0.3 is 0 Å². The zero-order valence-electron chi connectivity index (χ0n) is 10.5. The first-order valence-corrected chi connectivity index (χ1v) is 6.05. The SMILES string of the molecule is Cc1ccc(CNCC2CC2(C)C)cc1N. The minimum absolute atomic E-state index is 0.569. The summed E-state index contributed by atoms with van der Waals surface area (Å²) in [5, 5.41) is 3.51. The zero-order chi connectivity index (χ0) is 11.8. The number of hydrogen-bond acceptors (Lipinski definition) is 2. The Labute approximate surface area is 98.2 Å². The van der Waals surface area contributed by atoms with Crippen molar-refractivity contribution in [3.05, 3.63) is 29.3 Å². The third-order valence-corrected chi connectivity index (χ3v) is 3.78. The van der Waals surface area contributed by atoms with Gasteiger partial charge in [-0.1, -0.05) is 26.0 Å². The van der Waals surface area contributed by atoms with Crippen LogP contribution in [0.25, 0.3) is 0 Å². The van der Waals surface area contributed by atoms with Gasteiger partial charge in [0.25, 0.3) is 0 Å². The average molecular weight is 218 g/mol. The van der Waals surface area contributed by atoms with Gasteiger partial charge in [-0.05, 0) is 48.4 Å². The summed E-state index contributed by atoms with van der Waals surface area (Å²) in [5.41, 5.74) is 9.78. The molecule has 0 aliphatic heterocycles. The Balaban J connectivity index is 1.79. The molecule has 1 aromatic carbocycles. The Bertz CT molecular complexity index is 382. The van der Waals surface area contributed by atoms with Crippen LogP contribution in [0.4, 0.5) is 5.69 Å². The molecule has 1 aromatic rings. The van der Waals surface area contributed by atoms with Gasteiger partial charge in [0.05, 0.1) is 0 Å². The van der Waals surface area contributed by atoms with Crippen LogP contribution in [-0.2, 0) is 6.54 Å². The molecule has 1 aliphatic carbocycles. The van der Waals surface area contributed by atoms with Gasteiger partial charge in [-0.3, -0.25) is 0 Å². The van der Waals surface area contributed by atoms with E-state index in [2.05, 4.69) is 37.4 Å². The normalized spacial score (nSPS) is 22.1. The first-order valence-electron chi connectivity index (χ1n) is 6.05. The molecule has 1 atom stereocenters. The monoisotopic (exact) mass is 218 g/mol. The number of benzene rings is 1. The van der Waals surface area contributed by atoms with Crippen molar-refractivity contribution in [1.29, 1.82) is 0 Å². The van der Waals surface area contributed by atoms with Crippen LogP contribution in [-0.4, -0.2) is 6.54 Å². The Morgan fingerprint density at radius 1 is 1.44 bits per heavy atom. The van der Waals surface area contributed by atoms with Crippen molar-refractivity contribution in [3.8, 4) is 0 Å². The molecule has 0 aromatic heterocycles. The highest BCUT2D eigenvalue weighted by atomic mass is 14.9. The van der Waals surface area contributed by atoms with Crippen molar-refractivity contribution >= 4 is 5.69 Å². The number of nitrogens with two attached hydrogens (primary N) is 1. The minimum atomic E-state index is 0.569. The molecular weight excluding hydrogens is 196 g/mol. The standard InChI is InChI=1S/C14H22N2/c1-10-4-5-11(6-13(10)15)8-16-9-12-7-14(12,2)3/h4-6,12,16H,7-9,15H2,1-3H3. The van der Waals surface area contributed by atoms with Crippen LogP contribution in [0.1, 0.15) is 31.4 Å². The molecule has 2 rings (SSSR count). The Morgan fingerprint density at radius 3 is 2.69 bits per heavy atom. The van der Waals surface area contributed by atoms with E-state index in [1.54, 1.807) is 0 Å². The summed E-state index contributed by atoms with van der Waals surface area (Å²) in [6.07, 6.45) is 1.36. The van der Waals surface area contributed by atoms with Crippen molar-refractivity contribution in [3.63, 3.8) is 0 Å². The molecule has 0 saturated heterocycles. The molecule has 16 heavy (non-hydrogen) atoms. The predicted molar refractivity (Wildman–Crippen MR) is 69.2 cm³/mol. The van der Waals surface area contributed by atoms with E-state index in [0.29, 0.717) is 5.41 Å². The lowest BCUT2D eigenvalue weighted by atomic mass is 10.1. The second-order valence-corrected chi connectivity index (χ2v) is 5.71. The molecule has 2 nitrogen and oxygen atoms in total. The van der Waals surface area contributed by atoms with E-state index in [4.69, 9.17) is 5.73 Å². The lowest BCUT2D eigenvalue weighted by Gasteiger charge is -2.08. The second kappa shape index (κ2) is 4.10. The van der Waals surface area contributed by atoms with E-state index in [1.165, 1.54) is 12.0 Å². The number of anilines is 1. The molecule has 1 aliphatic rings. The van der Waals surface area contributed by atoms with E-state index in [0.717, 1.165) is 30.3 Å². The maximum absolute atomic E-state index is 5.88. The van der Waals surface area contributed by atoms with Crippen molar-refractivity contribution in [2.24, 2.45) is 11.3 Å². The fourth-order valence-electron chi connectivity index (χ4n) is 2.12. The Hall–Kier alpha value is -1.02. The third-order valence-electron chi connectivity index (χ3n) is 3.78. The largest absolute Gasteiger partial charge is 0.399 e. The lowest BCUT2D eigenvalue weighted by molar-refractivity contribution is 0.519. The summed E-state index contributed by atoms with van der Waals surface area (Å²) in [4.78, 5) is 0. The first kappa shape index (κ1) is 11.5. The maximum Gasteiger partial charge on any atom is 0.0346 e. The summed E-state index contributed by atoms with van der Waals surface area (Å²) in [5.74, 6) is 0.857. The van der Waals surface area contributed by atoms with E-state index in [9.17, 15) is 0 Å². The summed E-state index contributed by atoms with van der Waals surface area (Å²) < 4.78 is 0. The van der Waals surface area contributed by atoms with Crippen LogP contribution in [0.15, 0.2) is 18.2 Å². The van der Waals surface area contributed by atoms with Gasteiger partial charge in [0.2, 0.25) is 0 Å². The number of hydrogen-bond donors (Lipinski definition) is 2. The highest BCUT2D eigenvalue weighted by Crippen LogP contribution is 2.50. The van der Waals surface area contributed by atoms with Gasteiger partial charge in [0.1, 0.15) is 0 Å². The molecule has 88 valence electrons. The van der Waals surface area contributed by atoms with Crippen LogP contribution in [0.2, 0.25) is 0 Å². The molecule has 0 spiro atoms. The third kappa shape index (κ3) is 2.56. The highest BCUT2D eigenvalue weighted by Gasteiger charge is 2.44. The molecule has 0 radical (unpaired) electrons. The van der Waals surface area contributed by atoms with Crippen molar-refractivity contribution in [2.75, 3.05) is 12.3 Å². The summed E-state index contributed by atoms with van der Waals surface area (Å²) in [6, 6.07) is 6.31. The van der Waals surface area contributed by atoms with E-state index in [-0.39, 0.29) is 0 Å². The van der Waals surface area contributed by atoms with Gasteiger partial charge in [-0.25, -0.2) is 0 Å². The molecular formula is C14H22N2. The number of nitrogens with one attached hydrogen (secondary N) is 1. The van der Waals surface area contributed by atoms with Gasteiger partial charge in [0, 0.05) is 12.2 Å². The topological polar surface area (TPSA) is 38.0 Å². The Kier molecular flexibility index (Phi) is 2.94. The second-order valence-electron chi connectivity index (χ2n) is 5.71. The molecule has 0 bridgehead atoms. The smallest absolute Gasteiger partial charge is 0.0346 e. The molecule has 1 unspecified atom stereocenters. The lowest BCUT2D eigenvalue weighted by Crippen LogP contribution is -2.18. The van der Waals surface area contributed by atoms with Crippen LogP contribution in [0.3, 0.4) is 0 Å². The van der Waals surface area contributed by atoms with E-state index >= 15 is 0 Å². The summed E-state index contributed by atoms with van der Waals surface area (Å²) >= 11 is 0. The highest BCUT2D eigenvalue weighted by molar-refractivity contribution is 5.48. The van der Waals surface area contributed by atoms with E-state index < -0.39 is 0 Å². The molecule has 2 heteroatoms. The summed E-state index contributed by atoms with van der Waals surface area (Å²) in [6.45, 7) is 8.77. The minimum Gasteiger partial charge on any atom is -0.399 e. The van der Waals surface area contributed by atoms with Crippen molar-refractivity contribution in [1.82, 2.24) is 5.32 Å². The average Bonchev–Trinajstić information content (AvgIpc) is 2.80. The number of aryl methyl sites for hydroxylation is 1. The van der Waals surface area contributed by atoms with Gasteiger partial charge in [0.15, 0.2) is 0 Å². The van der Waals surface area contributed by atoms with Gasteiger partial charge in [-0.15, -0.1) is 0 Å². The maximum atomic E-state index is 5.88. The predicted octanol–water partition coefficient (Wildman–Crippen LogP) is 2.71. The van der Waals surface area contributed by atoms with E-state index in [1.807, 2.05) is 6.92 Å². The number of rotatable bonds is 4. The molecule has 3 N–H and O–H groups in total.